The predicted octanol–water partition coefficient (Wildman–Crippen LogP) is 5.11. The van der Waals surface area contributed by atoms with E-state index in [1.54, 1.807) is 0 Å². The molecule has 0 N–H and O–H groups in total. The Morgan fingerprint density at radius 2 is 1.61 bits per heavy atom. The van der Waals surface area contributed by atoms with E-state index in [-0.39, 0.29) is 25.1 Å². The Morgan fingerprint density at radius 1 is 0.970 bits per heavy atom. The number of carbonyl (C=O) groups excluding carboxylic acids is 1. The number of piperidine rings is 1. The summed E-state index contributed by atoms with van der Waals surface area (Å²) in [6.45, 7) is 2.61. The molecule has 2 aromatic rings. The monoisotopic (exact) mass is 494 g/mol. The first-order valence-electron chi connectivity index (χ1n) is 9.79. The molecule has 0 saturated carbocycles. The van der Waals surface area contributed by atoms with E-state index >= 15 is 0 Å². The highest BCUT2D eigenvalue weighted by atomic mass is 32.2. The Bertz CT molecular complexity index is 1160. The lowest BCUT2D eigenvalue weighted by Crippen LogP contribution is -2.48. The lowest BCUT2D eigenvalue weighted by Gasteiger charge is -2.39. The van der Waals surface area contributed by atoms with Crippen molar-refractivity contribution in [2.75, 3.05) is 11.4 Å². The van der Waals surface area contributed by atoms with Crippen LogP contribution in [0.15, 0.2) is 47.6 Å². The molecular formula is C21H20F6N2O3S. The number of benzene rings is 1. The molecule has 180 valence electrons. The minimum Gasteiger partial charge on any atom is -0.311 e. The number of anilines is 1. The number of carbonyl (C=O) groups is 1. The first-order chi connectivity index (χ1) is 15.0. The number of amides is 1. The Labute approximate surface area is 186 Å². The Morgan fingerprint density at radius 3 is 2.18 bits per heavy atom. The van der Waals surface area contributed by atoms with Crippen molar-refractivity contribution in [3.63, 3.8) is 0 Å². The van der Waals surface area contributed by atoms with E-state index in [1.165, 1.54) is 13.8 Å². The number of alkyl halides is 6. The molecule has 1 fully saturated rings. The maximum Gasteiger partial charge on any atom is 0.417 e. The highest BCUT2D eigenvalue weighted by Gasteiger charge is 2.46. The van der Waals surface area contributed by atoms with E-state index in [9.17, 15) is 39.6 Å². The van der Waals surface area contributed by atoms with Crippen molar-refractivity contribution < 1.29 is 39.6 Å². The largest absolute Gasteiger partial charge is 0.417 e. The van der Waals surface area contributed by atoms with Gasteiger partial charge in [-0.1, -0.05) is 6.07 Å². The van der Waals surface area contributed by atoms with Crippen LogP contribution >= 0.6 is 0 Å². The molecule has 1 unspecified atom stereocenters. The number of hydrogen-bond donors (Lipinski definition) is 0. The van der Waals surface area contributed by atoms with Gasteiger partial charge in [0.2, 0.25) is 5.91 Å². The molecule has 1 atom stereocenters. The minimum absolute atomic E-state index is 0.0615. The van der Waals surface area contributed by atoms with Gasteiger partial charge in [0.25, 0.3) is 0 Å². The lowest BCUT2D eigenvalue weighted by atomic mass is 9.85. The fraction of sp³-hybridized carbons (Fsp3) is 0.429. The van der Waals surface area contributed by atoms with Crippen molar-refractivity contribution >= 4 is 21.4 Å². The number of rotatable bonds is 4. The predicted molar refractivity (Wildman–Crippen MR) is 107 cm³/mol. The van der Waals surface area contributed by atoms with Crippen LogP contribution in [0, 0.1) is 5.92 Å². The van der Waals surface area contributed by atoms with Gasteiger partial charge in [0, 0.05) is 19.2 Å². The molecule has 1 aliphatic heterocycles. The van der Waals surface area contributed by atoms with Crippen LogP contribution in [0.3, 0.4) is 0 Å². The second-order valence-electron chi connectivity index (χ2n) is 8.30. The number of hydrogen-bond acceptors (Lipinski definition) is 4. The van der Waals surface area contributed by atoms with E-state index in [2.05, 4.69) is 4.98 Å². The van der Waals surface area contributed by atoms with E-state index in [1.807, 2.05) is 0 Å². The van der Waals surface area contributed by atoms with Crippen LogP contribution < -0.4 is 4.90 Å². The number of aromatic nitrogens is 1. The topological polar surface area (TPSA) is 67.3 Å². The second kappa shape index (κ2) is 8.30. The van der Waals surface area contributed by atoms with Crippen LogP contribution in [0.5, 0.6) is 0 Å². The third-order valence-electron chi connectivity index (χ3n) is 5.93. The van der Waals surface area contributed by atoms with Gasteiger partial charge < -0.3 is 4.90 Å². The Balaban J connectivity index is 1.85. The summed E-state index contributed by atoms with van der Waals surface area (Å²) in [5.41, 5.74) is -2.20. The summed E-state index contributed by atoms with van der Waals surface area (Å²) in [6, 6.07) is 4.17. The second-order valence-corrected chi connectivity index (χ2v) is 10.8. The summed E-state index contributed by atoms with van der Waals surface area (Å²) in [5.74, 6) is -1.36. The molecule has 0 aliphatic carbocycles. The Hall–Kier alpha value is -2.63. The minimum atomic E-state index is -4.73. The fourth-order valence-electron chi connectivity index (χ4n) is 3.79. The number of halogens is 6. The summed E-state index contributed by atoms with van der Waals surface area (Å²) < 4.78 is 103. The summed E-state index contributed by atoms with van der Waals surface area (Å²) >= 11 is 0. The summed E-state index contributed by atoms with van der Waals surface area (Å²) in [5, 5.41) is 0. The molecule has 1 saturated heterocycles. The van der Waals surface area contributed by atoms with Gasteiger partial charge in [0.1, 0.15) is 0 Å². The van der Waals surface area contributed by atoms with Crippen molar-refractivity contribution in [2.45, 2.75) is 48.7 Å². The first kappa shape index (κ1) is 25.0. The lowest BCUT2D eigenvalue weighted by molar-refractivity contribution is -0.138. The van der Waals surface area contributed by atoms with Crippen LogP contribution in [0.4, 0.5) is 32.0 Å². The van der Waals surface area contributed by atoms with Crippen LogP contribution in [0.1, 0.15) is 37.8 Å². The number of nitrogens with zero attached hydrogens (tertiary/aromatic N) is 2. The molecule has 33 heavy (non-hydrogen) atoms. The zero-order valence-electron chi connectivity index (χ0n) is 17.5. The highest BCUT2D eigenvalue weighted by molar-refractivity contribution is 7.92. The van der Waals surface area contributed by atoms with Gasteiger partial charge in [-0.05, 0) is 50.5 Å². The quantitative estimate of drug-likeness (QED) is 0.554. The highest BCUT2D eigenvalue weighted by Crippen LogP contribution is 2.41. The third-order valence-corrected chi connectivity index (χ3v) is 8.53. The normalized spacial score (nSPS) is 18.5. The van der Waals surface area contributed by atoms with Crippen LogP contribution in [0.25, 0.3) is 0 Å². The third kappa shape index (κ3) is 4.85. The standard InChI is InChI=1S/C21H20F6N2O3S/c1-19(2,33(31,32)17-5-3-4-14(9-17)20(22,23)24)13-6-7-29(18(30)10-13)16-8-15(11-28-12-16)21(25,26)27/h3-5,8-9,11-13H,6-7,10H2,1-2H3. The van der Waals surface area contributed by atoms with E-state index in [0.29, 0.717) is 12.3 Å². The molecule has 1 aromatic carbocycles. The van der Waals surface area contributed by atoms with Gasteiger partial charge in [-0.15, -0.1) is 0 Å². The zero-order valence-corrected chi connectivity index (χ0v) is 18.4. The molecule has 1 aromatic heterocycles. The molecule has 0 spiro atoms. The first-order valence-corrected chi connectivity index (χ1v) is 11.3. The molecule has 1 aliphatic rings. The van der Waals surface area contributed by atoms with Gasteiger partial charge in [0.15, 0.2) is 9.84 Å². The van der Waals surface area contributed by atoms with Gasteiger partial charge in [0.05, 0.1) is 32.7 Å². The molecule has 0 bridgehead atoms. The van der Waals surface area contributed by atoms with E-state index in [0.717, 1.165) is 35.4 Å². The fourth-order valence-corrected chi connectivity index (χ4v) is 5.58. The van der Waals surface area contributed by atoms with E-state index < -0.39 is 54.8 Å². The van der Waals surface area contributed by atoms with Crippen molar-refractivity contribution in [1.29, 1.82) is 0 Å². The molecular weight excluding hydrogens is 474 g/mol. The van der Waals surface area contributed by atoms with E-state index in [4.69, 9.17) is 0 Å². The van der Waals surface area contributed by atoms with Gasteiger partial charge in [-0.25, -0.2) is 8.42 Å². The Kier molecular flexibility index (Phi) is 6.29. The average molecular weight is 494 g/mol. The molecule has 0 radical (unpaired) electrons. The molecule has 5 nitrogen and oxygen atoms in total. The van der Waals surface area contributed by atoms with Crippen LogP contribution in [0.2, 0.25) is 0 Å². The smallest absolute Gasteiger partial charge is 0.311 e. The van der Waals surface area contributed by atoms with Crippen molar-refractivity contribution in [2.24, 2.45) is 5.92 Å². The summed E-state index contributed by atoms with van der Waals surface area (Å²) in [6.07, 6.45) is -7.82. The van der Waals surface area contributed by atoms with Crippen molar-refractivity contribution in [3.05, 3.63) is 53.9 Å². The van der Waals surface area contributed by atoms with Crippen LogP contribution in [-0.2, 0) is 27.0 Å². The summed E-state index contributed by atoms with van der Waals surface area (Å²) in [4.78, 5) is 16.9. The number of sulfone groups is 1. The zero-order chi connectivity index (χ0) is 24.8. The maximum atomic E-state index is 13.2. The van der Waals surface area contributed by atoms with Crippen LogP contribution in [-0.4, -0.2) is 30.6 Å². The summed E-state index contributed by atoms with van der Waals surface area (Å²) in [7, 11) is -4.28. The SMILES string of the molecule is CC(C)(C1CCN(c2cncc(C(F)(F)F)c2)C(=O)C1)S(=O)(=O)c1cccc(C(F)(F)F)c1. The van der Waals surface area contributed by atoms with Crippen molar-refractivity contribution in [3.8, 4) is 0 Å². The molecule has 2 heterocycles. The molecule has 12 heteroatoms. The average Bonchev–Trinajstić information content (AvgIpc) is 2.72. The van der Waals surface area contributed by atoms with Gasteiger partial charge in [-0.3, -0.25) is 9.78 Å². The van der Waals surface area contributed by atoms with Crippen molar-refractivity contribution in [1.82, 2.24) is 4.98 Å². The van der Waals surface area contributed by atoms with Gasteiger partial charge >= 0.3 is 12.4 Å². The molecule has 1 amide bonds. The molecule has 3 rings (SSSR count). The van der Waals surface area contributed by atoms with Gasteiger partial charge in [-0.2, -0.15) is 26.3 Å². The number of pyridine rings is 1. The maximum absolute atomic E-state index is 13.2.